The Morgan fingerprint density at radius 2 is 1.72 bits per heavy atom. The van der Waals surface area contributed by atoms with Gasteiger partial charge < -0.3 is 4.74 Å². The summed E-state index contributed by atoms with van der Waals surface area (Å²) in [4.78, 5) is 11.6. The standard InChI is InChI=1S/C18H20N2O4S/c1-2-24-18(21)19-15-7-9-16(10-8-15)20-25(22,23)17-11-6-13-4-3-5-14(13)12-17/h6-12,20H,2-5H2,1H3,(H,19,21). The van der Waals surface area contributed by atoms with Gasteiger partial charge in [0, 0.05) is 11.4 Å². The van der Waals surface area contributed by atoms with Crippen LogP contribution >= 0.6 is 0 Å². The highest BCUT2D eigenvalue weighted by Crippen LogP contribution is 2.26. The molecule has 1 aliphatic carbocycles. The lowest BCUT2D eigenvalue weighted by molar-refractivity contribution is 0.168. The van der Waals surface area contributed by atoms with Crippen molar-refractivity contribution in [3.63, 3.8) is 0 Å². The van der Waals surface area contributed by atoms with E-state index in [0.29, 0.717) is 11.4 Å². The fraction of sp³-hybridized carbons (Fsp3) is 0.278. The average molecular weight is 360 g/mol. The first-order valence-corrected chi connectivity index (χ1v) is 9.65. The molecule has 0 bridgehead atoms. The number of anilines is 2. The van der Waals surface area contributed by atoms with Crippen LogP contribution in [0, 0.1) is 0 Å². The van der Waals surface area contributed by atoms with Crippen LogP contribution in [0.4, 0.5) is 16.2 Å². The van der Waals surface area contributed by atoms with Gasteiger partial charge in [-0.2, -0.15) is 0 Å². The number of hydrogen-bond acceptors (Lipinski definition) is 4. The SMILES string of the molecule is CCOC(=O)Nc1ccc(NS(=O)(=O)c2ccc3c(c2)CCC3)cc1. The molecule has 0 heterocycles. The van der Waals surface area contributed by atoms with Crippen molar-refractivity contribution in [2.24, 2.45) is 0 Å². The second-order valence-corrected chi connectivity index (χ2v) is 7.49. The normalized spacial score (nSPS) is 13.2. The largest absolute Gasteiger partial charge is 0.450 e. The minimum Gasteiger partial charge on any atom is -0.450 e. The molecular weight excluding hydrogens is 340 g/mol. The molecule has 25 heavy (non-hydrogen) atoms. The van der Waals surface area contributed by atoms with Crippen molar-refractivity contribution in [2.75, 3.05) is 16.6 Å². The molecule has 132 valence electrons. The van der Waals surface area contributed by atoms with E-state index in [2.05, 4.69) is 10.0 Å². The summed E-state index contributed by atoms with van der Waals surface area (Å²) < 4.78 is 32.4. The van der Waals surface area contributed by atoms with Gasteiger partial charge >= 0.3 is 6.09 Å². The third kappa shape index (κ3) is 4.11. The van der Waals surface area contributed by atoms with Crippen molar-refractivity contribution in [2.45, 2.75) is 31.1 Å². The number of rotatable bonds is 5. The highest BCUT2D eigenvalue weighted by Gasteiger charge is 2.18. The van der Waals surface area contributed by atoms with Crippen molar-refractivity contribution in [1.29, 1.82) is 0 Å². The zero-order valence-corrected chi connectivity index (χ0v) is 14.7. The third-order valence-electron chi connectivity index (χ3n) is 4.04. The van der Waals surface area contributed by atoms with E-state index in [9.17, 15) is 13.2 Å². The van der Waals surface area contributed by atoms with E-state index in [4.69, 9.17) is 4.74 Å². The number of amides is 1. The van der Waals surface area contributed by atoms with Gasteiger partial charge in [-0.15, -0.1) is 0 Å². The maximum absolute atomic E-state index is 12.5. The maximum Gasteiger partial charge on any atom is 0.411 e. The van der Waals surface area contributed by atoms with E-state index in [1.807, 2.05) is 6.07 Å². The first-order chi connectivity index (χ1) is 12.0. The molecule has 0 aliphatic heterocycles. The Morgan fingerprint density at radius 3 is 2.44 bits per heavy atom. The molecule has 0 radical (unpaired) electrons. The number of sulfonamides is 1. The average Bonchev–Trinajstić information content (AvgIpc) is 3.04. The van der Waals surface area contributed by atoms with Gasteiger partial charge in [-0.1, -0.05) is 6.07 Å². The number of aryl methyl sites for hydroxylation is 2. The number of nitrogens with one attached hydrogen (secondary N) is 2. The lowest BCUT2D eigenvalue weighted by Gasteiger charge is -2.10. The predicted octanol–water partition coefficient (Wildman–Crippen LogP) is 3.54. The summed E-state index contributed by atoms with van der Waals surface area (Å²) in [5, 5.41) is 2.55. The molecule has 1 aliphatic rings. The Balaban J connectivity index is 1.71. The quantitative estimate of drug-likeness (QED) is 0.854. The predicted molar refractivity (Wildman–Crippen MR) is 96.4 cm³/mol. The zero-order valence-electron chi connectivity index (χ0n) is 13.9. The van der Waals surface area contributed by atoms with E-state index < -0.39 is 16.1 Å². The Hall–Kier alpha value is -2.54. The van der Waals surface area contributed by atoms with Gasteiger partial charge in [-0.3, -0.25) is 10.0 Å². The van der Waals surface area contributed by atoms with E-state index in [-0.39, 0.29) is 11.5 Å². The lowest BCUT2D eigenvalue weighted by Crippen LogP contribution is -2.14. The smallest absolute Gasteiger partial charge is 0.411 e. The van der Waals surface area contributed by atoms with Crippen LogP contribution in [0.1, 0.15) is 24.5 Å². The Labute approximate surface area is 147 Å². The minimum atomic E-state index is -3.64. The molecule has 0 saturated carbocycles. The second-order valence-electron chi connectivity index (χ2n) is 5.81. The molecule has 0 unspecified atom stereocenters. The summed E-state index contributed by atoms with van der Waals surface area (Å²) in [6, 6.07) is 11.7. The molecule has 0 spiro atoms. The molecular formula is C18H20N2O4S. The van der Waals surface area contributed by atoms with Crippen LogP contribution in [0.5, 0.6) is 0 Å². The van der Waals surface area contributed by atoms with Crippen molar-refractivity contribution < 1.29 is 17.9 Å². The van der Waals surface area contributed by atoms with Crippen LogP contribution in [0.25, 0.3) is 0 Å². The summed E-state index contributed by atoms with van der Waals surface area (Å²) in [5.74, 6) is 0. The van der Waals surface area contributed by atoms with Crippen LogP contribution in [-0.4, -0.2) is 21.1 Å². The number of fused-ring (bicyclic) bond motifs is 1. The van der Waals surface area contributed by atoms with Crippen LogP contribution in [0.15, 0.2) is 47.4 Å². The van der Waals surface area contributed by atoms with Crippen LogP contribution < -0.4 is 10.0 Å². The van der Waals surface area contributed by atoms with Crippen LogP contribution in [0.3, 0.4) is 0 Å². The summed E-state index contributed by atoms with van der Waals surface area (Å²) in [7, 11) is -3.64. The third-order valence-corrected chi connectivity index (χ3v) is 5.42. The Morgan fingerprint density at radius 1 is 1.04 bits per heavy atom. The van der Waals surface area contributed by atoms with Crippen molar-refractivity contribution in [3.05, 3.63) is 53.6 Å². The molecule has 0 saturated heterocycles. The van der Waals surface area contributed by atoms with E-state index >= 15 is 0 Å². The van der Waals surface area contributed by atoms with Gasteiger partial charge in [-0.25, -0.2) is 13.2 Å². The summed E-state index contributed by atoms with van der Waals surface area (Å²) in [6.45, 7) is 2.00. The van der Waals surface area contributed by atoms with E-state index in [1.54, 1.807) is 43.3 Å². The Bertz CT molecular complexity index is 876. The molecule has 1 amide bonds. The molecule has 7 heteroatoms. The van der Waals surface area contributed by atoms with Gasteiger partial charge in [0.2, 0.25) is 0 Å². The van der Waals surface area contributed by atoms with Crippen LogP contribution in [0.2, 0.25) is 0 Å². The monoisotopic (exact) mass is 360 g/mol. The van der Waals surface area contributed by atoms with Crippen molar-refractivity contribution in [3.8, 4) is 0 Å². The maximum atomic E-state index is 12.5. The van der Waals surface area contributed by atoms with Crippen LogP contribution in [-0.2, 0) is 27.6 Å². The molecule has 0 atom stereocenters. The summed E-state index contributed by atoms with van der Waals surface area (Å²) in [6.07, 6.45) is 2.46. The number of carbonyl (C=O) groups excluding carboxylic acids is 1. The summed E-state index contributed by atoms with van der Waals surface area (Å²) in [5.41, 5.74) is 3.29. The topological polar surface area (TPSA) is 84.5 Å². The first kappa shape index (κ1) is 17.3. The van der Waals surface area contributed by atoms with Gasteiger partial charge in [-0.05, 0) is 73.7 Å². The molecule has 6 nitrogen and oxygen atoms in total. The summed E-state index contributed by atoms with van der Waals surface area (Å²) >= 11 is 0. The van der Waals surface area contributed by atoms with Gasteiger partial charge in [0.1, 0.15) is 0 Å². The molecule has 2 aromatic rings. The first-order valence-electron chi connectivity index (χ1n) is 8.16. The lowest BCUT2D eigenvalue weighted by atomic mass is 10.1. The van der Waals surface area contributed by atoms with Crippen molar-refractivity contribution in [1.82, 2.24) is 0 Å². The zero-order chi connectivity index (χ0) is 17.9. The Kier molecular flexibility index (Phi) is 4.94. The molecule has 2 aromatic carbocycles. The highest BCUT2D eigenvalue weighted by molar-refractivity contribution is 7.92. The number of benzene rings is 2. The molecule has 0 fully saturated rings. The minimum absolute atomic E-state index is 0.266. The number of ether oxygens (including phenoxy) is 1. The molecule has 0 aromatic heterocycles. The molecule has 3 rings (SSSR count). The van der Waals surface area contributed by atoms with E-state index in [1.165, 1.54) is 5.56 Å². The van der Waals surface area contributed by atoms with Gasteiger partial charge in [0.15, 0.2) is 0 Å². The fourth-order valence-electron chi connectivity index (χ4n) is 2.84. The van der Waals surface area contributed by atoms with Crippen molar-refractivity contribution >= 4 is 27.5 Å². The van der Waals surface area contributed by atoms with Gasteiger partial charge in [0.05, 0.1) is 11.5 Å². The van der Waals surface area contributed by atoms with Gasteiger partial charge in [0.25, 0.3) is 10.0 Å². The number of hydrogen-bond donors (Lipinski definition) is 2. The fourth-order valence-corrected chi connectivity index (χ4v) is 3.94. The number of carbonyl (C=O) groups is 1. The van der Waals surface area contributed by atoms with E-state index in [0.717, 1.165) is 24.8 Å². The second kappa shape index (κ2) is 7.14. The molecule has 2 N–H and O–H groups in total. The highest BCUT2D eigenvalue weighted by atomic mass is 32.2.